The smallest absolute Gasteiger partial charge is 0.417 e. The molecule has 3 aromatic carbocycles. The van der Waals surface area contributed by atoms with Gasteiger partial charge in [0.1, 0.15) is 5.75 Å². The number of nitrogens with zero attached hydrogens (tertiary/aromatic N) is 5. The number of halogens is 5. The summed E-state index contributed by atoms with van der Waals surface area (Å²) in [6.07, 6.45) is -2.63. The molecular formula is C35H25Cl2F3N6O5. The van der Waals surface area contributed by atoms with E-state index in [1.807, 2.05) is 12.1 Å². The normalized spacial score (nSPS) is 22.8. The summed E-state index contributed by atoms with van der Waals surface area (Å²) in [4.78, 5) is 60.6. The Kier molecular flexibility index (Phi) is 7.30. The lowest BCUT2D eigenvalue weighted by Gasteiger charge is -2.49. The summed E-state index contributed by atoms with van der Waals surface area (Å²) in [5.74, 6) is -4.55. The van der Waals surface area contributed by atoms with Crippen LogP contribution in [0.3, 0.4) is 0 Å². The van der Waals surface area contributed by atoms with Crippen molar-refractivity contribution in [3.05, 3.63) is 132 Å². The highest BCUT2D eigenvalue weighted by atomic mass is 35.5. The molecule has 0 spiro atoms. The number of nitrogens with one attached hydrogen (secondary N) is 1. The van der Waals surface area contributed by atoms with Crippen LogP contribution in [0.25, 0.3) is 10.8 Å². The molecular weight excluding hydrogens is 712 g/mol. The van der Waals surface area contributed by atoms with Crippen molar-refractivity contribution in [2.45, 2.75) is 36.5 Å². The van der Waals surface area contributed by atoms with E-state index < -0.39 is 63.2 Å². The lowest BCUT2D eigenvalue weighted by molar-refractivity contribution is -0.139. The molecule has 0 radical (unpaired) electrons. The maximum atomic E-state index is 15.3. The van der Waals surface area contributed by atoms with Crippen molar-refractivity contribution in [3.63, 3.8) is 0 Å². The maximum absolute atomic E-state index is 15.3. The molecule has 11 nitrogen and oxygen atoms in total. The minimum absolute atomic E-state index is 0.0423. The lowest BCUT2D eigenvalue weighted by atomic mass is 9.52. The monoisotopic (exact) mass is 736 g/mol. The predicted molar refractivity (Wildman–Crippen MR) is 180 cm³/mol. The molecule has 2 aromatic heterocycles. The number of amides is 2. The fourth-order valence-corrected chi connectivity index (χ4v) is 8.39. The van der Waals surface area contributed by atoms with Crippen molar-refractivity contribution < 1.29 is 27.9 Å². The Morgan fingerprint density at radius 1 is 0.980 bits per heavy atom. The second-order valence-electron chi connectivity index (χ2n) is 12.7. The van der Waals surface area contributed by atoms with E-state index in [2.05, 4.69) is 10.4 Å². The van der Waals surface area contributed by atoms with Gasteiger partial charge in [0.05, 0.1) is 34.5 Å². The standard InChI is InChI=1S/C35H25Cl2F3N6O5/c1-43-32(50)44-13-12-22-25(46(44)33(43)51)15-23-30(48)45(42-29-24(37)14-19(16-41-29)35(38,39)40)31(49)34(23,18-7-9-20(36)10-8-18)28(22)27-21-5-3-2-4-17(21)6-11-26(27)47/h2-12,14,16,23,25,28,47H,13,15H2,1H3,(H,41,42)/t23-,25+,28+,34+/m0/s1. The summed E-state index contributed by atoms with van der Waals surface area (Å²) in [7, 11) is 1.34. The van der Waals surface area contributed by atoms with Gasteiger partial charge in [0.15, 0.2) is 5.82 Å². The predicted octanol–water partition coefficient (Wildman–Crippen LogP) is 5.55. The second-order valence-corrected chi connectivity index (χ2v) is 13.6. The highest BCUT2D eigenvalue weighted by Crippen LogP contribution is 2.63. The molecule has 5 aromatic rings. The summed E-state index contributed by atoms with van der Waals surface area (Å²) in [5.41, 5.74) is -0.415. The first-order valence-corrected chi connectivity index (χ1v) is 16.4. The number of carbonyl (C=O) groups is 2. The van der Waals surface area contributed by atoms with Gasteiger partial charge in [-0.3, -0.25) is 15.0 Å². The molecule has 2 amide bonds. The molecule has 51 heavy (non-hydrogen) atoms. The fraction of sp³-hybridized carbons (Fsp3) is 0.229. The molecule has 4 heterocycles. The van der Waals surface area contributed by atoms with Gasteiger partial charge >= 0.3 is 17.6 Å². The molecule has 1 aliphatic carbocycles. The van der Waals surface area contributed by atoms with Gasteiger partial charge in [0, 0.05) is 29.7 Å². The number of aromatic nitrogens is 4. The first kappa shape index (κ1) is 32.8. The average molecular weight is 738 g/mol. The van der Waals surface area contributed by atoms with E-state index in [0.717, 1.165) is 4.57 Å². The summed E-state index contributed by atoms with van der Waals surface area (Å²) in [5, 5.41) is 13.6. The zero-order valence-electron chi connectivity index (χ0n) is 26.4. The molecule has 8 rings (SSSR count). The van der Waals surface area contributed by atoms with Crippen LogP contribution in [0, 0.1) is 5.92 Å². The van der Waals surface area contributed by atoms with E-state index in [9.17, 15) is 32.7 Å². The third-order valence-electron chi connectivity index (χ3n) is 10.2. The first-order valence-electron chi connectivity index (χ1n) is 15.7. The van der Waals surface area contributed by atoms with Crippen LogP contribution in [0.15, 0.2) is 94.2 Å². The van der Waals surface area contributed by atoms with Crippen molar-refractivity contribution in [2.75, 3.05) is 5.43 Å². The maximum Gasteiger partial charge on any atom is 0.417 e. The van der Waals surface area contributed by atoms with Crippen molar-refractivity contribution in [1.82, 2.24) is 23.9 Å². The van der Waals surface area contributed by atoms with Crippen LogP contribution in [0.1, 0.15) is 35.1 Å². The van der Waals surface area contributed by atoms with Gasteiger partial charge in [0.25, 0.3) is 11.8 Å². The van der Waals surface area contributed by atoms with Crippen molar-refractivity contribution in [2.24, 2.45) is 13.0 Å². The molecule has 2 fully saturated rings. The average Bonchev–Trinajstić information content (AvgIpc) is 3.45. The number of hydrogen-bond donors (Lipinski definition) is 2. The molecule has 260 valence electrons. The van der Waals surface area contributed by atoms with Gasteiger partial charge in [-0.2, -0.15) is 18.2 Å². The van der Waals surface area contributed by atoms with E-state index in [0.29, 0.717) is 49.8 Å². The Labute approximate surface area is 295 Å². The van der Waals surface area contributed by atoms with Crippen molar-refractivity contribution >= 4 is 51.6 Å². The molecule has 2 aliphatic heterocycles. The number of aromatic hydroxyl groups is 1. The number of phenols is 1. The van der Waals surface area contributed by atoms with Crippen LogP contribution in [0.4, 0.5) is 19.0 Å². The topological polar surface area (TPSA) is 131 Å². The number of allylic oxidation sites excluding steroid dienone is 2. The minimum atomic E-state index is -4.75. The van der Waals surface area contributed by atoms with E-state index in [4.69, 9.17) is 23.2 Å². The van der Waals surface area contributed by atoms with E-state index in [1.165, 1.54) is 22.5 Å². The number of hydrogen-bond acceptors (Lipinski definition) is 7. The highest BCUT2D eigenvalue weighted by molar-refractivity contribution is 6.33. The molecule has 1 saturated carbocycles. The van der Waals surface area contributed by atoms with Crippen LogP contribution in [-0.4, -0.2) is 40.8 Å². The number of fused-ring (bicyclic) bond motifs is 5. The largest absolute Gasteiger partial charge is 0.508 e. The highest BCUT2D eigenvalue weighted by Gasteiger charge is 2.69. The lowest BCUT2D eigenvalue weighted by Crippen LogP contribution is -2.53. The molecule has 2 N–H and O–H groups in total. The Morgan fingerprint density at radius 3 is 2.41 bits per heavy atom. The number of alkyl halides is 3. The third-order valence-corrected chi connectivity index (χ3v) is 10.8. The number of hydrazine groups is 1. The number of pyridine rings is 1. The summed E-state index contributed by atoms with van der Waals surface area (Å²) in [6, 6.07) is 16.4. The summed E-state index contributed by atoms with van der Waals surface area (Å²) in [6.45, 7) is -0.0423. The van der Waals surface area contributed by atoms with Gasteiger partial charge in [-0.15, -0.1) is 0 Å². The van der Waals surface area contributed by atoms with Crippen LogP contribution < -0.4 is 16.8 Å². The Morgan fingerprint density at radius 2 is 1.71 bits per heavy atom. The Balaban J connectivity index is 1.42. The van der Waals surface area contributed by atoms with E-state index >= 15 is 4.79 Å². The van der Waals surface area contributed by atoms with Gasteiger partial charge in [-0.25, -0.2) is 28.5 Å². The number of imide groups is 1. The number of benzene rings is 3. The zero-order chi connectivity index (χ0) is 36.1. The third kappa shape index (κ3) is 4.62. The number of rotatable bonds is 4. The van der Waals surface area contributed by atoms with E-state index in [1.54, 1.807) is 48.5 Å². The molecule has 4 atom stereocenters. The van der Waals surface area contributed by atoms with Gasteiger partial charge < -0.3 is 5.11 Å². The number of carbonyl (C=O) groups excluding carboxylic acids is 2. The second kappa shape index (κ2) is 11.3. The van der Waals surface area contributed by atoms with Crippen LogP contribution in [-0.2, 0) is 34.8 Å². The Bertz CT molecular complexity index is 2470. The van der Waals surface area contributed by atoms with Crippen LogP contribution in [0.2, 0.25) is 10.0 Å². The molecule has 0 unspecified atom stereocenters. The van der Waals surface area contributed by atoms with Gasteiger partial charge in [-0.1, -0.05) is 71.7 Å². The zero-order valence-corrected chi connectivity index (χ0v) is 27.9. The van der Waals surface area contributed by atoms with Crippen molar-refractivity contribution in [1.29, 1.82) is 0 Å². The van der Waals surface area contributed by atoms with Gasteiger partial charge in [-0.05, 0) is 52.6 Å². The molecule has 1 saturated heterocycles. The van der Waals surface area contributed by atoms with Crippen LogP contribution in [0.5, 0.6) is 5.75 Å². The molecule has 3 aliphatic rings. The minimum Gasteiger partial charge on any atom is -0.508 e. The SMILES string of the molecule is Cn1c(=O)n2n(c1=O)[C@@H]1C[C@H]3C(=O)N(Nc4ncc(C(F)(F)F)cc4Cl)C(=O)[C@@]3(c3ccc(Cl)cc3)[C@@H](c3c(O)ccc4ccccc34)C1=CC2. The summed E-state index contributed by atoms with van der Waals surface area (Å²) < 4.78 is 43.8. The quantitative estimate of drug-likeness (QED) is 0.183. The van der Waals surface area contributed by atoms with Crippen molar-refractivity contribution in [3.8, 4) is 5.75 Å². The summed E-state index contributed by atoms with van der Waals surface area (Å²) >= 11 is 12.5. The number of phenolic OH excluding ortho intramolecular Hbond substituents is 1. The number of anilines is 1. The van der Waals surface area contributed by atoms with Gasteiger partial charge in [0.2, 0.25) is 0 Å². The molecule has 16 heteroatoms. The van der Waals surface area contributed by atoms with E-state index in [-0.39, 0.29) is 24.5 Å². The first-order chi connectivity index (χ1) is 24.2. The fourth-order valence-electron chi connectivity index (χ4n) is 8.06. The van der Waals surface area contributed by atoms with Crippen LogP contribution >= 0.6 is 23.2 Å². The Hall–Kier alpha value is -5.34. The molecule has 0 bridgehead atoms.